The number of nitrogens with zero attached hydrogens (tertiary/aromatic N) is 3. The molecule has 1 N–H and O–H groups in total. The molecular weight excluding hydrogens is 260 g/mol. The molecule has 1 amide bonds. The van der Waals surface area contributed by atoms with Crippen LogP contribution in [0, 0.1) is 5.92 Å². The second-order valence-electron chi connectivity index (χ2n) is 4.16. The molecule has 100 valence electrons. The van der Waals surface area contributed by atoms with Gasteiger partial charge in [0.25, 0.3) is 0 Å². The third kappa shape index (κ3) is 3.35. The first kappa shape index (κ1) is 13.6. The van der Waals surface area contributed by atoms with E-state index >= 15 is 0 Å². The third-order valence-corrected chi connectivity index (χ3v) is 3.81. The normalized spacial score (nSPS) is 10.7. The third-order valence-electron chi connectivity index (χ3n) is 2.92. The van der Waals surface area contributed by atoms with E-state index in [9.17, 15) is 4.79 Å². The number of carbonyl (C=O) groups is 1. The van der Waals surface area contributed by atoms with Gasteiger partial charge in [-0.25, -0.2) is 0 Å². The van der Waals surface area contributed by atoms with E-state index in [1.165, 1.54) is 11.3 Å². The molecule has 5 nitrogen and oxygen atoms in total. The molecule has 0 saturated carbocycles. The van der Waals surface area contributed by atoms with E-state index in [4.69, 9.17) is 0 Å². The van der Waals surface area contributed by atoms with Gasteiger partial charge in [-0.1, -0.05) is 25.2 Å². The fraction of sp³-hybridized carbons (Fsp3) is 0.385. The molecule has 2 heterocycles. The lowest BCUT2D eigenvalue weighted by molar-refractivity contribution is -0.120. The maximum atomic E-state index is 11.9. The lowest BCUT2D eigenvalue weighted by Crippen LogP contribution is -2.21. The van der Waals surface area contributed by atoms with Crippen molar-refractivity contribution in [3.8, 4) is 10.6 Å². The van der Waals surface area contributed by atoms with Crippen molar-refractivity contribution >= 4 is 22.4 Å². The summed E-state index contributed by atoms with van der Waals surface area (Å²) in [6, 6.07) is 3.76. The highest BCUT2D eigenvalue weighted by atomic mass is 32.1. The van der Waals surface area contributed by atoms with Gasteiger partial charge in [-0.05, 0) is 25.0 Å². The molecule has 0 atom stereocenters. The summed E-state index contributed by atoms with van der Waals surface area (Å²) in [7, 11) is 0. The van der Waals surface area contributed by atoms with Gasteiger partial charge in [0.05, 0.1) is 0 Å². The molecule has 0 saturated heterocycles. The first-order valence-corrected chi connectivity index (χ1v) is 7.11. The van der Waals surface area contributed by atoms with Gasteiger partial charge in [-0.3, -0.25) is 9.78 Å². The standard InChI is InChI=1S/C13H16N4OS/c1-3-9(4-2)11(18)15-13-17-16-12(19-13)10-6-5-7-14-8-10/h5-9H,3-4H2,1-2H3,(H,15,17,18). The number of nitrogens with one attached hydrogen (secondary N) is 1. The van der Waals surface area contributed by atoms with E-state index in [0.29, 0.717) is 5.13 Å². The largest absolute Gasteiger partial charge is 0.300 e. The highest BCUT2D eigenvalue weighted by molar-refractivity contribution is 7.18. The number of hydrogen-bond acceptors (Lipinski definition) is 5. The average Bonchev–Trinajstić information content (AvgIpc) is 2.89. The van der Waals surface area contributed by atoms with Crippen LogP contribution in [0.15, 0.2) is 24.5 Å². The van der Waals surface area contributed by atoms with Crippen molar-refractivity contribution in [3.63, 3.8) is 0 Å². The fourth-order valence-corrected chi connectivity index (χ4v) is 2.48. The molecule has 0 aliphatic heterocycles. The van der Waals surface area contributed by atoms with Gasteiger partial charge in [0.15, 0.2) is 5.01 Å². The van der Waals surface area contributed by atoms with Gasteiger partial charge in [-0.2, -0.15) is 0 Å². The van der Waals surface area contributed by atoms with Crippen LogP contribution in [0.2, 0.25) is 0 Å². The summed E-state index contributed by atoms with van der Waals surface area (Å²) >= 11 is 1.36. The molecule has 6 heteroatoms. The van der Waals surface area contributed by atoms with Gasteiger partial charge < -0.3 is 5.32 Å². The zero-order valence-corrected chi connectivity index (χ0v) is 11.8. The van der Waals surface area contributed by atoms with E-state index in [2.05, 4.69) is 20.5 Å². The fourth-order valence-electron chi connectivity index (χ4n) is 1.75. The van der Waals surface area contributed by atoms with Crippen LogP contribution in [-0.4, -0.2) is 21.1 Å². The van der Waals surface area contributed by atoms with E-state index in [1.807, 2.05) is 26.0 Å². The molecule has 0 radical (unpaired) electrons. The number of rotatable bonds is 5. The molecule has 2 aromatic rings. The van der Waals surface area contributed by atoms with Gasteiger partial charge in [0, 0.05) is 23.9 Å². The van der Waals surface area contributed by atoms with Crippen LogP contribution < -0.4 is 5.32 Å². The number of amides is 1. The van der Waals surface area contributed by atoms with Crippen LogP contribution in [0.3, 0.4) is 0 Å². The lowest BCUT2D eigenvalue weighted by atomic mass is 10.0. The summed E-state index contributed by atoms with van der Waals surface area (Å²) in [5.74, 6) is 0.0460. The zero-order chi connectivity index (χ0) is 13.7. The number of aromatic nitrogens is 3. The van der Waals surface area contributed by atoms with Crippen LogP contribution in [0.5, 0.6) is 0 Å². The number of carbonyl (C=O) groups excluding carboxylic acids is 1. The Labute approximate surface area is 116 Å². The summed E-state index contributed by atoms with van der Waals surface area (Å²) < 4.78 is 0. The summed E-state index contributed by atoms with van der Waals surface area (Å²) in [6.45, 7) is 4.02. The topological polar surface area (TPSA) is 67.8 Å². The maximum absolute atomic E-state index is 11.9. The van der Waals surface area contributed by atoms with Crippen molar-refractivity contribution in [3.05, 3.63) is 24.5 Å². The number of pyridine rings is 1. The van der Waals surface area contributed by atoms with E-state index in [0.717, 1.165) is 23.4 Å². The molecule has 0 bridgehead atoms. The van der Waals surface area contributed by atoms with Crippen molar-refractivity contribution < 1.29 is 4.79 Å². The molecular formula is C13H16N4OS. The maximum Gasteiger partial charge on any atom is 0.229 e. The Balaban J connectivity index is 2.08. The van der Waals surface area contributed by atoms with Crippen LogP contribution >= 0.6 is 11.3 Å². The Kier molecular flexibility index (Phi) is 4.57. The van der Waals surface area contributed by atoms with Gasteiger partial charge in [0.2, 0.25) is 11.0 Å². The molecule has 2 aromatic heterocycles. The van der Waals surface area contributed by atoms with Crippen molar-refractivity contribution in [2.75, 3.05) is 5.32 Å². The number of hydrogen-bond donors (Lipinski definition) is 1. The second-order valence-corrected chi connectivity index (χ2v) is 5.13. The minimum Gasteiger partial charge on any atom is -0.300 e. The van der Waals surface area contributed by atoms with Crippen molar-refractivity contribution in [2.45, 2.75) is 26.7 Å². The van der Waals surface area contributed by atoms with E-state index in [-0.39, 0.29) is 11.8 Å². The molecule has 0 aliphatic rings. The molecule has 19 heavy (non-hydrogen) atoms. The van der Waals surface area contributed by atoms with E-state index in [1.54, 1.807) is 12.4 Å². The Morgan fingerprint density at radius 2 is 2.16 bits per heavy atom. The van der Waals surface area contributed by atoms with Crippen LogP contribution in [0.4, 0.5) is 5.13 Å². The molecule has 2 rings (SSSR count). The Bertz CT molecular complexity index is 537. The van der Waals surface area contributed by atoms with Crippen LogP contribution in [0.1, 0.15) is 26.7 Å². The SMILES string of the molecule is CCC(CC)C(=O)Nc1nnc(-c2cccnc2)s1. The summed E-state index contributed by atoms with van der Waals surface area (Å²) in [6.07, 6.45) is 5.10. The Hall–Kier alpha value is -1.82. The lowest BCUT2D eigenvalue weighted by Gasteiger charge is -2.09. The molecule has 0 aliphatic carbocycles. The quantitative estimate of drug-likeness (QED) is 0.911. The summed E-state index contributed by atoms with van der Waals surface area (Å²) in [5, 5.41) is 12.2. The number of anilines is 1. The monoisotopic (exact) mass is 276 g/mol. The molecule has 0 spiro atoms. The second kappa shape index (κ2) is 6.38. The van der Waals surface area contributed by atoms with Gasteiger partial charge >= 0.3 is 0 Å². The minimum absolute atomic E-state index is 0.0129. The highest BCUT2D eigenvalue weighted by Crippen LogP contribution is 2.26. The zero-order valence-electron chi connectivity index (χ0n) is 11.0. The first-order chi connectivity index (χ1) is 9.24. The Morgan fingerprint density at radius 3 is 2.79 bits per heavy atom. The van der Waals surface area contributed by atoms with Crippen molar-refractivity contribution in [1.29, 1.82) is 0 Å². The predicted molar refractivity (Wildman–Crippen MR) is 75.8 cm³/mol. The average molecular weight is 276 g/mol. The van der Waals surface area contributed by atoms with E-state index < -0.39 is 0 Å². The van der Waals surface area contributed by atoms with Crippen molar-refractivity contribution in [2.24, 2.45) is 5.92 Å². The summed E-state index contributed by atoms with van der Waals surface area (Å²) in [4.78, 5) is 16.0. The van der Waals surface area contributed by atoms with Crippen LogP contribution in [-0.2, 0) is 4.79 Å². The Morgan fingerprint density at radius 1 is 1.37 bits per heavy atom. The van der Waals surface area contributed by atoms with Crippen LogP contribution in [0.25, 0.3) is 10.6 Å². The highest BCUT2D eigenvalue weighted by Gasteiger charge is 2.16. The first-order valence-electron chi connectivity index (χ1n) is 6.29. The molecule has 0 fully saturated rings. The predicted octanol–water partition coefficient (Wildman–Crippen LogP) is 2.97. The smallest absolute Gasteiger partial charge is 0.229 e. The van der Waals surface area contributed by atoms with Crippen molar-refractivity contribution in [1.82, 2.24) is 15.2 Å². The molecule has 0 unspecified atom stereocenters. The minimum atomic E-state index is 0.0129. The van der Waals surface area contributed by atoms with Gasteiger partial charge in [-0.15, -0.1) is 10.2 Å². The van der Waals surface area contributed by atoms with Gasteiger partial charge in [0.1, 0.15) is 0 Å². The summed E-state index contributed by atoms with van der Waals surface area (Å²) in [5.41, 5.74) is 0.906. The molecule has 0 aromatic carbocycles.